The van der Waals surface area contributed by atoms with Crippen molar-refractivity contribution in [3.8, 4) is 0 Å². The van der Waals surface area contributed by atoms with Crippen LogP contribution in [0.15, 0.2) is 59.4 Å². The zero-order valence-electron chi connectivity index (χ0n) is 21.1. The van der Waals surface area contributed by atoms with Gasteiger partial charge < -0.3 is 9.72 Å². The van der Waals surface area contributed by atoms with Crippen molar-refractivity contribution < 1.29 is 4.74 Å². The fourth-order valence-corrected chi connectivity index (χ4v) is 5.13. The van der Waals surface area contributed by atoms with Gasteiger partial charge in [0.15, 0.2) is 5.82 Å². The molecule has 0 unspecified atom stereocenters. The average Bonchev–Trinajstić information content (AvgIpc) is 3.56. The molecule has 1 saturated heterocycles. The second-order valence-electron chi connectivity index (χ2n) is 9.76. The third kappa shape index (κ3) is 5.55. The molecule has 3 heterocycles. The number of nitrogens with zero attached hydrogens (tertiary/aromatic N) is 5. The van der Waals surface area contributed by atoms with Crippen molar-refractivity contribution in [1.29, 1.82) is 0 Å². The third-order valence-electron chi connectivity index (χ3n) is 6.95. The van der Waals surface area contributed by atoms with Crippen molar-refractivity contribution in [2.75, 3.05) is 13.2 Å². The lowest BCUT2D eigenvalue weighted by Gasteiger charge is -2.32. The zero-order valence-corrected chi connectivity index (χ0v) is 21.1. The van der Waals surface area contributed by atoms with Crippen molar-refractivity contribution in [1.82, 2.24) is 30.1 Å². The van der Waals surface area contributed by atoms with Crippen molar-refractivity contribution >= 4 is 10.9 Å². The van der Waals surface area contributed by atoms with Crippen LogP contribution in [0.25, 0.3) is 10.9 Å². The van der Waals surface area contributed by atoms with Crippen LogP contribution in [0.2, 0.25) is 0 Å². The number of nitrogens with one attached hydrogen (secondary N) is 1. The van der Waals surface area contributed by atoms with Gasteiger partial charge in [0.1, 0.15) is 0 Å². The van der Waals surface area contributed by atoms with E-state index in [-0.39, 0.29) is 17.7 Å². The highest BCUT2D eigenvalue weighted by Crippen LogP contribution is 2.28. The maximum absolute atomic E-state index is 13.1. The van der Waals surface area contributed by atoms with Gasteiger partial charge in [-0.25, -0.2) is 4.68 Å². The molecule has 8 heteroatoms. The Labute approximate surface area is 211 Å². The summed E-state index contributed by atoms with van der Waals surface area (Å²) in [7, 11) is 0. The lowest BCUT2D eigenvalue weighted by molar-refractivity contribution is 0.0476. The molecular weight excluding hydrogens is 452 g/mol. The molecule has 2 atom stereocenters. The monoisotopic (exact) mass is 486 g/mol. The van der Waals surface area contributed by atoms with Crippen molar-refractivity contribution in [2.45, 2.75) is 64.8 Å². The van der Waals surface area contributed by atoms with Crippen LogP contribution in [0.4, 0.5) is 0 Å². The van der Waals surface area contributed by atoms with Crippen LogP contribution in [0, 0.1) is 6.92 Å². The first-order valence-corrected chi connectivity index (χ1v) is 12.9. The Bertz CT molecular complexity index is 1340. The van der Waals surface area contributed by atoms with Crippen molar-refractivity contribution in [3.05, 3.63) is 87.5 Å². The highest BCUT2D eigenvalue weighted by atomic mass is 16.5. The molecule has 5 rings (SSSR count). The summed E-state index contributed by atoms with van der Waals surface area (Å²) >= 11 is 0. The highest BCUT2D eigenvalue weighted by molar-refractivity contribution is 5.79. The largest absolute Gasteiger partial charge is 0.377 e. The lowest BCUT2D eigenvalue weighted by Crippen LogP contribution is -2.38. The zero-order chi connectivity index (χ0) is 24.9. The van der Waals surface area contributed by atoms with Crippen LogP contribution in [0.1, 0.15) is 61.2 Å². The number of hydrogen-bond acceptors (Lipinski definition) is 6. The highest BCUT2D eigenvalue weighted by Gasteiger charge is 2.30. The second kappa shape index (κ2) is 11.1. The van der Waals surface area contributed by atoms with E-state index in [1.54, 1.807) is 0 Å². The number of tetrazole rings is 1. The molecule has 4 aromatic rings. The minimum Gasteiger partial charge on any atom is -0.377 e. The Kier molecular flexibility index (Phi) is 7.53. The smallest absolute Gasteiger partial charge is 0.252 e. The first-order valence-electron chi connectivity index (χ1n) is 12.9. The molecule has 2 aromatic heterocycles. The number of ether oxygens (including phenoxy) is 1. The number of hydrogen-bond donors (Lipinski definition) is 1. The fourth-order valence-electron chi connectivity index (χ4n) is 5.13. The van der Waals surface area contributed by atoms with E-state index in [9.17, 15) is 4.79 Å². The average molecular weight is 487 g/mol. The van der Waals surface area contributed by atoms with E-state index in [1.165, 1.54) is 5.56 Å². The van der Waals surface area contributed by atoms with Crippen LogP contribution >= 0.6 is 0 Å². The lowest BCUT2D eigenvalue weighted by atomic mass is 10.0. The molecule has 1 aliphatic heterocycles. The minimum absolute atomic E-state index is 0.0366. The summed E-state index contributed by atoms with van der Waals surface area (Å²) in [6.45, 7) is 6.87. The first-order chi connectivity index (χ1) is 17.6. The van der Waals surface area contributed by atoms with Gasteiger partial charge in [0.05, 0.1) is 18.7 Å². The number of rotatable bonds is 10. The molecular formula is C28H34N6O2. The molecule has 1 fully saturated rings. The first kappa shape index (κ1) is 24.3. The Balaban J connectivity index is 1.50. The van der Waals surface area contributed by atoms with Gasteiger partial charge in [-0.3, -0.25) is 9.69 Å². The number of aromatic nitrogens is 5. The van der Waals surface area contributed by atoms with Gasteiger partial charge in [-0.2, -0.15) is 0 Å². The molecule has 0 bridgehead atoms. The van der Waals surface area contributed by atoms with Gasteiger partial charge in [-0.15, -0.1) is 5.10 Å². The number of aryl methyl sites for hydroxylation is 1. The molecule has 0 amide bonds. The normalized spacial score (nSPS) is 16.7. The van der Waals surface area contributed by atoms with Crippen LogP contribution in [0.5, 0.6) is 0 Å². The molecule has 1 N–H and O–H groups in total. The molecule has 1 aliphatic rings. The van der Waals surface area contributed by atoms with E-state index in [0.29, 0.717) is 13.1 Å². The standard InChI is InChI=1S/C28H34N6O2/c1-3-8-26(27-30-31-32-34(27)17-21-9-5-4-6-10-21)33(19-24-11-7-14-36-24)18-23-16-22-15-20(2)12-13-25(22)29-28(23)35/h4-6,9-10,12-13,15-16,24,26H,3,7-8,11,14,17-19H2,1-2H3,(H,29,35)/t24-,26-/m0/s1. The molecule has 0 aliphatic carbocycles. The summed E-state index contributed by atoms with van der Waals surface area (Å²) in [5.74, 6) is 0.826. The number of H-pyrrole nitrogens is 1. The summed E-state index contributed by atoms with van der Waals surface area (Å²) in [4.78, 5) is 18.5. The van der Waals surface area contributed by atoms with Gasteiger partial charge in [0.25, 0.3) is 5.56 Å². The minimum atomic E-state index is -0.0529. The van der Waals surface area contributed by atoms with Crippen LogP contribution in [0.3, 0.4) is 0 Å². The molecule has 0 saturated carbocycles. The summed E-state index contributed by atoms with van der Waals surface area (Å²) in [6, 6.07) is 18.3. The number of fused-ring (bicyclic) bond motifs is 1. The fraction of sp³-hybridized carbons (Fsp3) is 0.429. The number of aromatic amines is 1. The van der Waals surface area contributed by atoms with Gasteiger partial charge in [0.2, 0.25) is 0 Å². The summed E-state index contributed by atoms with van der Waals surface area (Å²) in [6.07, 6.45) is 4.09. The topological polar surface area (TPSA) is 88.9 Å². The number of pyridine rings is 1. The Morgan fingerprint density at radius 2 is 2.06 bits per heavy atom. The maximum Gasteiger partial charge on any atom is 0.252 e. The summed E-state index contributed by atoms with van der Waals surface area (Å²) in [5.41, 5.74) is 3.86. The quantitative estimate of drug-likeness (QED) is 0.358. The van der Waals surface area contributed by atoms with Gasteiger partial charge in [-0.1, -0.05) is 55.3 Å². The van der Waals surface area contributed by atoms with E-state index in [0.717, 1.165) is 66.7 Å². The predicted octanol–water partition coefficient (Wildman–Crippen LogP) is 4.39. The van der Waals surface area contributed by atoms with Crippen LogP contribution < -0.4 is 5.56 Å². The van der Waals surface area contributed by atoms with E-state index < -0.39 is 0 Å². The van der Waals surface area contributed by atoms with Crippen LogP contribution in [-0.2, 0) is 17.8 Å². The molecule has 36 heavy (non-hydrogen) atoms. The van der Waals surface area contributed by atoms with E-state index >= 15 is 0 Å². The predicted molar refractivity (Wildman–Crippen MR) is 140 cm³/mol. The summed E-state index contributed by atoms with van der Waals surface area (Å²) in [5, 5.41) is 13.9. The molecule has 0 spiro atoms. The molecule has 0 radical (unpaired) electrons. The Morgan fingerprint density at radius 1 is 1.19 bits per heavy atom. The van der Waals surface area contributed by atoms with Gasteiger partial charge in [0, 0.05) is 30.8 Å². The third-order valence-corrected chi connectivity index (χ3v) is 6.95. The van der Waals surface area contributed by atoms with E-state index in [2.05, 4.69) is 57.5 Å². The van der Waals surface area contributed by atoms with E-state index in [1.807, 2.05) is 41.1 Å². The Hall–Kier alpha value is -3.36. The van der Waals surface area contributed by atoms with Crippen molar-refractivity contribution in [2.24, 2.45) is 0 Å². The number of benzene rings is 2. The molecule has 188 valence electrons. The SMILES string of the molecule is CCC[C@@H](c1nnnn1Cc1ccccc1)N(Cc1cc2cc(C)ccc2[nH]c1=O)C[C@@H]1CCCO1. The summed E-state index contributed by atoms with van der Waals surface area (Å²) < 4.78 is 7.92. The van der Waals surface area contributed by atoms with Crippen LogP contribution in [-0.4, -0.2) is 49.3 Å². The van der Waals surface area contributed by atoms with Gasteiger partial charge >= 0.3 is 0 Å². The Morgan fingerprint density at radius 3 is 2.83 bits per heavy atom. The van der Waals surface area contributed by atoms with Gasteiger partial charge in [-0.05, 0) is 65.8 Å². The molecule has 8 nitrogen and oxygen atoms in total. The second-order valence-corrected chi connectivity index (χ2v) is 9.76. The van der Waals surface area contributed by atoms with Crippen molar-refractivity contribution in [3.63, 3.8) is 0 Å². The van der Waals surface area contributed by atoms with E-state index in [4.69, 9.17) is 4.74 Å². The molecule has 2 aromatic carbocycles. The maximum atomic E-state index is 13.1.